The lowest BCUT2D eigenvalue weighted by molar-refractivity contribution is 0.0624. The number of benzene rings is 3. The van der Waals surface area contributed by atoms with Crippen LogP contribution in [-0.4, -0.2) is 41.2 Å². The monoisotopic (exact) mass is 466 g/mol. The molecule has 1 N–H and O–H groups in total. The first-order valence-corrected chi connectivity index (χ1v) is 12.3. The summed E-state index contributed by atoms with van der Waals surface area (Å²) in [4.78, 5) is 6.55. The van der Waals surface area contributed by atoms with Gasteiger partial charge in [0.25, 0.3) is 0 Å². The predicted octanol–water partition coefficient (Wildman–Crippen LogP) is 5.87. The molecule has 0 radical (unpaired) electrons. The summed E-state index contributed by atoms with van der Waals surface area (Å²) >= 11 is 0. The minimum atomic E-state index is -1.30. The molecular formula is C31H34N2O2. The van der Waals surface area contributed by atoms with Gasteiger partial charge in [-0.2, -0.15) is 0 Å². The summed E-state index contributed by atoms with van der Waals surface area (Å²) in [7, 11) is 0. The van der Waals surface area contributed by atoms with Crippen LogP contribution in [0.3, 0.4) is 0 Å². The molecule has 0 fully saturated rings. The van der Waals surface area contributed by atoms with Crippen molar-refractivity contribution in [3.05, 3.63) is 132 Å². The van der Waals surface area contributed by atoms with Crippen molar-refractivity contribution in [3.8, 4) is 5.75 Å². The van der Waals surface area contributed by atoms with Gasteiger partial charge in [-0.25, -0.2) is 0 Å². The average Bonchev–Trinajstić information content (AvgIpc) is 2.93. The molecule has 2 atom stereocenters. The molecule has 4 nitrogen and oxygen atoms in total. The quantitative estimate of drug-likeness (QED) is 0.300. The largest absolute Gasteiger partial charge is 0.492 e. The molecule has 2 unspecified atom stereocenters. The molecule has 0 aliphatic rings. The highest BCUT2D eigenvalue weighted by atomic mass is 16.5. The van der Waals surface area contributed by atoms with Crippen molar-refractivity contribution in [2.75, 3.05) is 26.2 Å². The molecule has 0 bridgehead atoms. The minimum Gasteiger partial charge on any atom is -0.492 e. The summed E-state index contributed by atoms with van der Waals surface area (Å²) < 4.78 is 6.01. The van der Waals surface area contributed by atoms with Gasteiger partial charge in [-0.05, 0) is 59.6 Å². The van der Waals surface area contributed by atoms with Crippen LogP contribution in [0, 0.1) is 0 Å². The fourth-order valence-electron chi connectivity index (χ4n) is 4.71. The van der Waals surface area contributed by atoms with E-state index in [1.165, 1.54) is 0 Å². The summed E-state index contributed by atoms with van der Waals surface area (Å²) in [5, 5.41) is 12.7. The first kappa shape index (κ1) is 24.6. The normalized spacial score (nSPS) is 13.8. The van der Waals surface area contributed by atoms with E-state index in [1.54, 1.807) is 12.4 Å². The topological polar surface area (TPSA) is 45.6 Å². The van der Waals surface area contributed by atoms with Crippen LogP contribution in [0.1, 0.15) is 42.0 Å². The summed E-state index contributed by atoms with van der Waals surface area (Å²) in [5.41, 5.74) is 2.37. The highest BCUT2D eigenvalue weighted by molar-refractivity contribution is 5.48. The van der Waals surface area contributed by atoms with Gasteiger partial charge in [0.05, 0.1) is 0 Å². The molecule has 1 heterocycles. The second kappa shape index (κ2) is 11.8. The number of rotatable bonds is 11. The molecule has 0 spiro atoms. The van der Waals surface area contributed by atoms with E-state index in [2.05, 4.69) is 35.9 Å². The van der Waals surface area contributed by atoms with Crippen LogP contribution in [0.15, 0.2) is 109 Å². The van der Waals surface area contributed by atoms with Crippen molar-refractivity contribution in [3.63, 3.8) is 0 Å². The van der Waals surface area contributed by atoms with E-state index in [9.17, 15) is 5.11 Å². The fourth-order valence-corrected chi connectivity index (χ4v) is 4.71. The maximum absolute atomic E-state index is 12.7. The van der Waals surface area contributed by atoms with Gasteiger partial charge in [-0.15, -0.1) is 0 Å². The number of ether oxygens (including phenoxy) is 1. The Morgan fingerprint density at radius 2 is 1.29 bits per heavy atom. The van der Waals surface area contributed by atoms with Crippen LogP contribution in [0.5, 0.6) is 5.75 Å². The Kier molecular flexibility index (Phi) is 8.30. The van der Waals surface area contributed by atoms with E-state index in [1.807, 2.05) is 84.9 Å². The highest BCUT2D eigenvalue weighted by Crippen LogP contribution is 2.46. The second-order valence-corrected chi connectivity index (χ2v) is 8.66. The van der Waals surface area contributed by atoms with Crippen LogP contribution in [-0.2, 0) is 5.60 Å². The number of hydrogen-bond donors (Lipinski definition) is 1. The van der Waals surface area contributed by atoms with E-state index in [0.717, 1.165) is 47.6 Å². The Morgan fingerprint density at radius 1 is 0.743 bits per heavy atom. The molecule has 0 amide bonds. The molecule has 180 valence electrons. The van der Waals surface area contributed by atoms with Crippen molar-refractivity contribution in [2.24, 2.45) is 0 Å². The summed E-state index contributed by atoms with van der Waals surface area (Å²) in [6.45, 7) is 7.87. The van der Waals surface area contributed by atoms with E-state index in [4.69, 9.17) is 4.74 Å². The first-order valence-electron chi connectivity index (χ1n) is 12.3. The molecule has 3 aromatic carbocycles. The maximum Gasteiger partial charge on any atom is 0.125 e. The van der Waals surface area contributed by atoms with Crippen molar-refractivity contribution in [1.29, 1.82) is 0 Å². The van der Waals surface area contributed by atoms with Crippen LogP contribution in [0.4, 0.5) is 0 Å². The van der Waals surface area contributed by atoms with Crippen LogP contribution < -0.4 is 4.74 Å². The standard InChI is InChI=1S/C31H34N2O2/c1-3-33(4-2)23-24-35-29-17-15-28(16-18-29)31(34,27-13-9-6-10-14-27)30(25-11-7-5-8-12-25)26-19-21-32-22-20-26/h5-22,30,34H,3-4,23-24H2,1-2H3. The third-order valence-electron chi connectivity index (χ3n) is 6.67. The fraction of sp³-hybridized carbons (Fsp3) is 0.258. The van der Waals surface area contributed by atoms with Crippen LogP contribution in [0.25, 0.3) is 0 Å². The van der Waals surface area contributed by atoms with E-state index in [0.29, 0.717) is 6.61 Å². The predicted molar refractivity (Wildman–Crippen MR) is 142 cm³/mol. The summed E-state index contributed by atoms with van der Waals surface area (Å²) in [6.07, 6.45) is 3.56. The highest BCUT2D eigenvalue weighted by Gasteiger charge is 2.42. The van der Waals surface area contributed by atoms with Gasteiger partial charge in [0.2, 0.25) is 0 Å². The molecule has 4 heteroatoms. The summed E-state index contributed by atoms with van der Waals surface area (Å²) in [6, 6.07) is 31.9. The molecule has 4 aromatic rings. The number of aromatic nitrogens is 1. The van der Waals surface area contributed by atoms with E-state index < -0.39 is 5.60 Å². The zero-order valence-corrected chi connectivity index (χ0v) is 20.5. The molecular weight excluding hydrogens is 432 g/mol. The van der Waals surface area contributed by atoms with Gasteiger partial charge in [-0.1, -0.05) is 86.6 Å². The van der Waals surface area contributed by atoms with Gasteiger partial charge in [0.1, 0.15) is 18.0 Å². The van der Waals surface area contributed by atoms with Crippen molar-refractivity contribution in [1.82, 2.24) is 9.88 Å². The van der Waals surface area contributed by atoms with Crippen molar-refractivity contribution in [2.45, 2.75) is 25.4 Å². The smallest absolute Gasteiger partial charge is 0.125 e. The third-order valence-corrected chi connectivity index (χ3v) is 6.67. The Bertz CT molecular complexity index is 1110. The average molecular weight is 467 g/mol. The molecule has 0 aliphatic carbocycles. The van der Waals surface area contributed by atoms with Gasteiger partial charge in [-0.3, -0.25) is 4.98 Å². The van der Waals surface area contributed by atoms with Crippen LogP contribution in [0.2, 0.25) is 0 Å². The van der Waals surface area contributed by atoms with Crippen LogP contribution >= 0.6 is 0 Å². The number of aliphatic hydroxyl groups is 1. The molecule has 0 saturated carbocycles. The lowest BCUT2D eigenvalue weighted by Gasteiger charge is -2.38. The van der Waals surface area contributed by atoms with Gasteiger partial charge < -0.3 is 14.7 Å². The first-order chi connectivity index (χ1) is 17.2. The zero-order chi connectivity index (χ0) is 24.5. The second-order valence-electron chi connectivity index (χ2n) is 8.66. The number of hydrogen-bond acceptors (Lipinski definition) is 4. The SMILES string of the molecule is CCN(CC)CCOc1ccc(C(O)(c2ccccc2)C(c2ccccc2)c2ccncc2)cc1. The minimum absolute atomic E-state index is 0.330. The van der Waals surface area contributed by atoms with Crippen molar-refractivity contribution < 1.29 is 9.84 Å². The van der Waals surface area contributed by atoms with Crippen molar-refractivity contribution >= 4 is 0 Å². The Labute approximate surface area is 208 Å². The van der Waals surface area contributed by atoms with E-state index >= 15 is 0 Å². The zero-order valence-electron chi connectivity index (χ0n) is 20.5. The lowest BCUT2D eigenvalue weighted by atomic mass is 9.70. The molecule has 1 aromatic heterocycles. The molecule has 0 aliphatic heterocycles. The lowest BCUT2D eigenvalue weighted by Crippen LogP contribution is -2.35. The Hall–Kier alpha value is -3.47. The molecule has 35 heavy (non-hydrogen) atoms. The number of nitrogens with zero attached hydrogens (tertiary/aromatic N) is 2. The van der Waals surface area contributed by atoms with Gasteiger partial charge in [0.15, 0.2) is 0 Å². The number of pyridine rings is 1. The molecule has 0 saturated heterocycles. The van der Waals surface area contributed by atoms with Gasteiger partial charge >= 0.3 is 0 Å². The third kappa shape index (κ3) is 5.61. The van der Waals surface area contributed by atoms with E-state index in [-0.39, 0.29) is 5.92 Å². The Balaban J connectivity index is 1.74. The summed E-state index contributed by atoms with van der Waals surface area (Å²) in [5.74, 6) is 0.472. The maximum atomic E-state index is 12.7. The molecule has 4 rings (SSSR count). The Morgan fingerprint density at radius 3 is 1.89 bits per heavy atom. The number of likely N-dealkylation sites (N-methyl/N-ethyl adjacent to an activating group) is 1. The van der Waals surface area contributed by atoms with Gasteiger partial charge in [0, 0.05) is 24.9 Å².